The molecule has 0 aliphatic carbocycles. The fourth-order valence-electron chi connectivity index (χ4n) is 1.29. The molecule has 0 unspecified atom stereocenters. The summed E-state index contributed by atoms with van der Waals surface area (Å²) in [5.41, 5.74) is 0. The maximum atomic E-state index is 11.4. The Morgan fingerprint density at radius 1 is 1.35 bits per heavy atom. The molecule has 4 heteroatoms. The summed E-state index contributed by atoms with van der Waals surface area (Å²) >= 11 is 0. The van der Waals surface area contributed by atoms with E-state index >= 15 is 0 Å². The third-order valence-corrected chi connectivity index (χ3v) is 2.03. The van der Waals surface area contributed by atoms with Gasteiger partial charge in [-0.1, -0.05) is 12.1 Å². The van der Waals surface area contributed by atoms with Gasteiger partial charge >= 0.3 is 0 Å². The molecule has 0 aliphatic heterocycles. The summed E-state index contributed by atoms with van der Waals surface area (Å²) in [5, 5.41) is 2.95. The highest BCUT2D eigenvalue weighted by Gasteiger charge is 2.07. The highest BCUT2D eigenvalue weighted by atomic mass is 16.4. The number of pyridine rings is 1. The summed E-state index contributed by atoms with van der Waals surface area (Å²) in [5.74, 6) is 1.19. The van der Waals surface area contributed by atoms with Gasteiger partial charge in [0.05, 0.1) is 0 Å². The van der Waals surface area contributed by atoms with Crippen LogP contribution in [-0.4, -0.2) is 10.8 Å². The van der Waals surface area contributed by atoms with Crippen LogP contribution in [0, 0.1) is 6.92 Å². The van der Waals surface area contributed by atoms with E-state index in [0.717, 1.165) is 0 Å². The number of hydrogen-bond acceptors (Lipinski definition) is 4. The standard InChI is InChI=1S/C13H11N2O2/c1-2-5-10(16)11-7-8-13(17-11)15-12-6-3-4-9-14-12/h2-9H,1H2,(H,14,15). The van der Waals surface area contributed by atoms with E-state index in [4.69, 9.17) is 4.42 Å². The highest BCUT2D eigenvalue weighted by Crippen LogP contribution is 2.18. The number of aromatic nitrogens is 1. The molecule has 2 heterocycles. The van der Waals surface area contributed by atoms with Crippen LogP contribution in [-0.2, 0) is 0 Å². The molecule has 2 aromatic rings. The minimum Gasteiger partial charge on any atom is -0.437 e. The number of carbonyl (C=O) groups is 1. The third-order valence-electron chi connectivity index (χ3n) is 2.03. The summed E-state index contributed by atoms with van der Waals surface area (Å²) < 4.78 is 5.32. The van der Waals surface area contributed by atoms with E-state index in [-0.39, 0.29) is 11.5 Å². The number of hydrogen-bond donors (Lipinski definition) is 1. The second-order valence-corrected chi connectivity index (χ2v) is 3.27. The predicted octanol–water partition coefficient (Wildman–Crippen LogP) is 2.99. The molecule has 0 fully saturated rings. The van der Waals surface area contributed by atoms with Gasteiger partial charge in [-0.05, 0) is 31.2 Å². The maximum absolute atomic E-state index is 11.4. The number of rotatable bonds is 4. The Hall–Kier alpha value is -2.36. The van der Waals surface area contributed by atoms with Crippen LogP contribution in [0.15, 0.2) is 53.1 Å². The Balaban J connectivity index is 2.11. The van der Waals surface area contributed by atoms with Crippen molar-refractivity contribution in [3.8, 4) is 0 Å². The molecule has 0 atom stereocenters. The monoisotopic (exact) mass is 227 g/mol. The molecular weight excluding hydrogens is 216 g/mol. The largest absolute Gasteiger partial charge is 0.437 e. The molecule has 1 radical (unpaired) electrons. The number of furan rings is 1. The Morgan fingerprint density at radius 2 is 2.24 bits per heavy atom. The van der Waals surface area contributed by atoms with Crippen LogP contribution in [0.3, 0.4) is 0 Å². The van der Waals surface area contributed by atoms with Crippen LogP contribution >= 0.6 is 0 Å². The van der Waals surface area contributed by atoms with Gasteiger partial charge in [0.2, 0.25) is 5.78 Å². The minimum absolute atomic E-state index is 0.214. The molecule has 17 heavy (non-hydrogen) atoms. The molecule has 0 bridgehead atoms. The molecule has 0 aromatic carbocycles. The molecule has 4 nitrogen and oxygen atoms in total. The molecule has 0 saturated carbocycles. The number of carbonyl (C=O) groups excluding carboxylic acids is 1. The van der Waals surface area contributed by atoms with Crippen molar-refractivity contribution in [2.45, 2.75) is 0 Å². The van der Waals surface area contributed by atoms with Crippen molar-refractivity contribution >= 4 is 17.5 Å². The quantitative estimate of drug-likeness (QED) is 0.644. The summed E-state index contributed by atoms with van der Waals surface area (Å²) in [6.45, 7) is 3.46. The molecule has 0 amide bonds. The van der Waals surface area contributed by atoms with Crippen LogP contribution in [0.2, 0.25) is 0 Å². The van der Waals surface area contributed by atoms with Crippen LogP contribution in [0.4, 0.5) is 11.7 Å². The normalized spacial score (nSPS) is 10.6. The van der Waals surface area contributed by atoms with Gasteiger partial charge in [-0.2, -0.15) is 0 Å². The van der Waals surface area contributed by atoms with E-state index in [1.807, 2.05) is 12.1 Å². The van der Waals surface area contributed by atoms with Crippen molar-refractivity contribution in [1.29, 1.82) is 0 Å². The number of anilines is 2. The lowest BCUT2D eigenvalue weighted by atomic mass is 10.3. The highest BCUT2D eigenvalue weighted by molar-refractivity contribution is 6.02. The van der Waals surface area contributed by atoms with Crippen LogP contribution in [0.1, 0.15) is 10.6 Å². The molecule has 2 rings (SSSR count). The Morgan fingerprint density at radius 3 is 2.94 bits per heavy atom. The first-order valence-corrected chi connectivity index (χ1v) is 5.07. The fourth-order valence-corrected chi connectivity index (χ4v) is 1.29. The summed E-state index contributed by atoms with van der Waals surface area (Å²) in [6.07, 6.45) is 4.45. The maximum Gasteiger partial charge on any atom is 0.220 e. The SMILES string of the molecule is [CH2]C=CC(=O)c1ccc(Nc2ccccn2)o1. The van der Waals surface area contributed by atoms with Crippen molar-refractivity contribution in [3.05, 3.63) is 61.4 Å². The second-order valence-electron chi connectivity index (χ2n) is 3.27. The second kappa shape index (κ2) is 5.12. The fraction of sp³-hybridized carbons (Fsp3) is 0. The van der Waals surface area contributed by atoms with Gasteiger partial charge in [0.1, 0.15) is 5.82 Å². The minimum atomic E-state index is -0.214. The van der Waals surface area contributed by atoms with E-state index in [9.17, 15) is 4.79 Å². The lowest BCUT2D eigenvalue weighted by Crippen LogP contribution is -1.92. The van der Waals surface area contributed by atoms with Crippen molar-refractivity contribution in [2.75, 3.05) is 5.32 Å². The number of allylic oxidation sites excluding steroid dienone is 2. The third kappa shape index (κ3) is 2.81. The molecule has 0 spiro atoms. The van der Waals surface area contributed by atoms with E-state index < -0.39 is 0 Å². The molecular formula is C13H11N2O2. The lowest BCUT2D eigenvalue weighted by Gasteiger charge is -1.99. The first kappa shape index (κ1) is 11.1. The number of ketones is 1. The van der Waals surface area contributed by atoms with Crippen LogP contribution in [0.25, 0.3) is 0 Å². The zero-order chi connectivity index (χ0) is 12.1. The molecule has 0 aliphatic rings. The van der Waals surface area contributed by atoms with Gasteiger partial charge in [-0.25, -0.2) is 4.98 Å². The zero-order valence-electron chi connectivity index (χ0n) is 9.09. The Labute approximate surface area is 99.0 Å². The van der Waals surface area contributed by atoms with Gasteiger partial charge in [0.15, 0.2) is 11.6 Å². The first-order chi connectivity index (χ1) is 8.29. The summed E-state index contributed by atoms with van der Waals surface area (Å²) in [6, 6.07) is 8.77. The number of nitrogens with zero attached hydrogens (tertiary/aromatic N) is 1. The molecule has 1 N–H and O–H groups in total. The van der Waals surface area contributed by atoms with Gasteiger partial charge in [0.25, 0.3) is 0 Å². The van der Waals surface area contributed by atoms with Gasteiger partial charge < -0.3 is 9.73 Å². The first-order valence-electron chi connectivity index (χ1n) is 5.07. The van der Waals surface area contributed by atoms with E-state index in [2.05, 4.69) is 17.2 Å². The van der Waals surface area contributed by atoms with Crippen molar-refractivity contribution in [2.24, 2.45) is 0 Å². The zero-order valence-corrected chi connectivity index (χ0v) is 9.09. The van der Waals surface area contributed by atoms with Crippen LogP contribution in [0.5, 0.6) is 0 Å². The average Bonchev–Trinajstić information content (AvgIpc) is 2.79. The van der Waals surface area contributed by atoms with Gasteiger partial charge in [-0.3, -0.25) is 4.79 Å². The summed E-state index contributed by atoms with van der Waals surface area (Å²) in [4.78, 5) is 15.5. The molecule has 2 aromatic heterocycles. The van der Waals surface area contributed by atoms with Crippen molar-refractivity contribution < 1.29 is 9.21 Å². The lowest BCUT2D eigenvalue weighted by molar-refractivity contribution is 0.102. The van der Waals surface area contributed by atoms with Gasteiger partial charge in [-0.15, -0.1) is 0 Å². The smallest absolute Gasteiger partial charge is 0.220 e. The van der Waals surface area contributed by atoms with E-state index in [1.54, 1.807) is 24.4 Å². The van der Waals surface area contributed by atoms with Gasteiger partial charge in [0, 0.05) is 12.3 Å². The predicted molar refractivity (Wildman–Crippen MR) is 65.1 cm³/mol. The molecule has 85 valence electrons. The number of nitrogens with one attached hydrogen (secondary N) is 1. The van der Waals surface area contributed by atoms with Crippen molar-refractivity contribution in [1.82, 2.24) is 4.98 Å². The average molecular weight is 227 g/mol. The van der Waals surface area contributed by atoms with Crippen LogP contribution < -0.4 is 5.32 Å². The van der Waals surface area contributed by atoms with E-state index in [1.165, 1.54) is 12.2 Å². The Bertz CT molecular complexity index is 529. The van der Waals surface area contributed by atoms with Crippen molar-refractivity contribution in [3.63, 3.8) is 0 Å². The summed E-state index contributed by atoms with van der Waals surface area (Å²) in [7, 11) is 0. The molecule has 0 saturated heterocycles. The Kier molecular flexibility index (Phi) is 3.35. The van der Waals surface area contributed by atoms with E-state index in [0.29, 0.717) is 11.7 Å². The topological polar surface area (TPSA) is 55.1 Å².